The van der Waals surface area contributed by atoms with Gasteiger partial charge in [0.15, 0.2) is 0 Å². The molecule has 0 saturated heterocycles. The van der Waals surface area contributed by atoms with Crippen molar-refractivity contribution in [2.24, 2.45) is 0 Å². The maximum Gasteiger partial charge on any atom is 0.123 e. The molecule has 92 valence electrons. The summed E-state index contributed by atoms with van der Waals surface area (Å²) in [5.41, 5.74) is 4.61. The number of aryl methyl sites for hydroxylation is 1. The standard InChI is InChI=1S/C16H16FN/c1-11-6-13(9-15(17)7-11)14-8-12-4-2-3-5-16(12)18-10-14/h2-7,9,14,18H,8,10H2,1H3. The first-order valence-electron chi connectivity index (χ1n) is 6.31. The summed E-state index contributed by atoms with van der Waals surface area (Å²) in [6.07, 6.45) is 0.978. The van der Waals surface area contributed by atoms with Crippen molar-refractivity contribution in [3.8, 4) is 0 Å². The molecule has 18 heavy (non-hydrogen) atoms. The van der Waals surface area contributed by atoms with Gasteiger partial charge in [0.25, 0.3) is 0 Å². The van der Waals surface area contributed by atoms with Crippen LogP contribution in [-0.4, -0.2) is 6.54 Å². The number of anilines is 1. The minimum absolute atomic E-state index is 0.135. The van der Waals surface area contributed by atoms with E-state index in [1.807, 2.05) is 13.0 Å². The number of benzene rings is 2. The monoisotopic (exact) mass is 241 g/mol. The van der Waals surface area contributed by atoms with Crippen LogP contribution >= 0.6 is 0 Å². The first-order valence-corrected chi connectivity index (χ1v) is 6.31. The van der Waals surface area contributed by atoms with E-state index in [1.54, 1.807) is 12.1 Å². The fraction of sp³-hybridized carbons (Fsp3) is 0.250. The van der Waals surface area contributed by atoms with Gasteiger partial charge >= 0.3 is 0 Å². The SMILES string of the molecule is Cc1cc(F)cc(C2CNc3ccccc3C2)c1. The quantitative estimate of drug-likeness (QED) is 0.798. The van der Waals surface area contributed by atoms with Crippen LogP contribution in [0.3, 0.4) is 0 Å². The molecule has 1 N–H and O–H groups in total. The first-order chi connectivity index (χ1) is 8.72. The van der Waals surface area contributed by atoms with Crippen molar-refractivity contribution < 1.29 is 4.39 Å². The molecule has 0 spiro atoms. The zero-order chi connectivity index (χ0) is 12.5. The van der Waals surface area contributed by atoms with Gasteiger partial charge in [-0.3, -0.25) is 0 Å². The second-order valence-corrected chi connectivity index (χ2v) is 5.00. The Bertz CT molecular complexity index is 557. The molecule has 2 aromatic rings. The third kappa shape index (κ3) is 2.10. The van der Waals surface area contributed by atoms with Crippen molar-refractivity contribution in [3.63, 3.8) is 0 Å². The average molecular weight is 241 g/mol. The Hall–Kier alpha value is -1.83. The predicted octanol–water partition coefficient (Wildman–Crippen LogP) is 3.89. The Morgan fingerprint density at radius 2 is 2.00 bits per heavy atom. The number of fused-ring (bicyclic) bond motifs is 1. The lowest BCUT2D eigenvalue weighted by Gasteiger charge is -2.26. The topological polar surface area (TPSA) is 12.0 Å². The Labute approximate surface area is 107 Å². The van der Waals surface area contributed by atoms with Crippen molar-refractivity contribution in [2.45, 2.75) is 19.3 Å². The summed E-state index contributed by atoms with van der Waals surface area (Å²) in [5, 5.41) is 3.43. The average Bonchev–Trinajstić information content (AvgIpc) is 2.37. The van der Waals surface area contributed by atoms with Crippen LogP contribution in [0.4, 0.5) is 10.1 Å². The van der Waals surface area contributed by atoms with Gasteiger partial charge in [0.1, 0.15) is 5.82 Å². The van der Waals surface area contributed by atoms with E-state index >= 15 is 0 Å². The van der Waals surface area contributed by atoms with Crippen molar-refractivity contribution in [1.29, 1.82) is 0 Å². The molecule has 1 aliphatic rings. The molecule has 3 rings (SSSR count). The molecule has 1 heterocycles. The van der Waals surface area contributed by atoms with E-state index in [0.29, 0.717) is 5.92 Å². The highest BCUT2D eigenvalue weighted by Gasteiger charge is 2.19. The van der Waals surface area contributed by atoms with Crippen LogP contribution in [0.25, 0.3) is 0 Å². The molecule has 0 radical (unpaired) electrons. The molecule has 0 amide bonds. The van der Waals surface area contributed by atoms with Gasteiger partial charge in [-0.2, -0.15) is 0 Å². The second kappa shape index (κ2) is 4.45. The Kier molecular flexibility index (Phi) is 2.78. The zero-order valence-electron chi connectivity index (χ0n) is 10.4. The van der Waals surface area contributed by atoms with Crippen molar-refractivity contribution in [1.82, 2.24) is 0 Å². The lowest BCUT2D eigenvalue weighted by Crippen LogP contribution is -2.21. The van der Waals surface area contributed by atoms with Crippen LogP contribution in [0.1, 0.15) is 22.6 Å². The Morgan fingerprint density at radius 3 is 2.83 bits per heavy atom. The van der Waals surface area contributed by atoms with E-state index < -0.39 is 0 Å². The van der Waals surface area contributed by atoms with Crippen LogP contribution in [-0.2, 0) is 6.42 Å². The van der Waals surface area contributed by atoms with E-state index in [0.717, 1.165) is 24.1 Å². The molecule has 1 atom stereocenters. The molecule has 0 aliphatic carbocycles. The van der Waals surface area contributed by atoms with Gasteiger partial charge in [-0.1, -0.05) is 24.3 Å². The van der Waals surface area contributed by atoms with Crippen molar-refractivity contribution in [2.75, 3.05) is 11.9 Å². The lowest BCUT2D eigenvalue weighted by molar-refractivity contribution is 0.615. The number of nitrogens with one attached hydrogen (secondary N) is 1. The molecule has 0 bridgehead atoms. The van der Waals surface area contributed by atoms with E-state index in [9.17, 15) is 4.39 Å². The highest BCUT2D eigenvalue weighted by molar-refractivity contribution is 5.54. The highest BCUT2D eigenvalue weighted by Crippen LogP contribution is 2.30. The number of rotatable bonds is 1. The largest absolute Gasteiger partial charge is 0.384 e. The van der Waals surface area contributed by atoms with Crippen LogP contribution in [0.15, 0.2) is 42.5 Å². The Morgan fingerprint density at radius 1 is 1.17 bits per heavy atom. The van der Waals surface area contributed by atoms with Crippen LogP contribution in [0.5, 0.6) is 0 Å². The van der Waals surface area contributed by atoms with Gasteiger partial charge in [-0.05, 0) is 48.2 Å². The summed E-state index contributed by atoms with van der Waals surface area (Å²) in [5.74, 6) is 0.221. The van der Waals surface area contributed by atoms with Gasteiger partial charge in [-0.15, -0.1) is 0 Å². The van der Waals surface area contributed by atoms with Crippen LogP contribution in [0.2, 0.25) is 0 Å². The number of para-hydroxylation sites is 1. The summed E-state index contributed by atoms with van der Waals surface area (Å²) in [6, 6.07) is 13.7. The fourth-order valence-corrected chi connectivity index (χ4v) is 2.68. The summed E-state index contributed by atoms with van der Waals surface area (Å²) in [4.78, 5) is 0. The van der Waals surface area contributed by atoms with E-state index in [4.69, 9.17) is 0 Å². The van der Waals surface area contributed by atoms with E-state index in [2.05, 4.69) is 29.6 Å². The third-order valence-electron chi connectivity index (χ3n) is 3.56. The molecular formula is C16H16FN. The summed E-state index contributed by atoms with van der Waals surface area (Å²) in [6.45, 7) is 2.82. The molecule has 0 aromatic heterocycles. The van der Waals surface area contributed by atoms with Crippen molar-refractivity contribution in [3.05, 3.63) is 65.0 Å². The zero-order valence-corrected chi connectivity index (χ0v) is 10.4. The molecule has 2 aromatic carbocycles. The molecule has 1 aliphatic heterocycles. The summed E-state index contributed by atoms with van der Waals surface area (Å²) < 4.78 is 13.5. The highest BCUT2D eigenvalue weighted by atomic mass is 19.1. The minimum atomic E-state index is -0.135. The number of hydrogen-bond donors (Lipinski definition) is 1. The minimum Gasteiger partial charge on any atom is -0.384 e. The second-order valence-electron chi connectivity index (χ2n) is 5.00. The van der Waals surface area contributed by atoms with Gasteiger partial charge in [0.05, 0.1) is 0 Å². The van der Waals surface area contributed by atoms with Crippen LogP contribution < -0.4 is 5.32 Å². The lowest BCUT2D eigenvalue weighted by atomic mass is 9.87. The third-order valence-corrected chi connectivity index (χ3v) is 3.56. The number of hydrogen-bond acceptors (Lipinski definition) is 1. The number of halogens is 1. The van der Waals surface area contributed by atoms with E-state index in [-0.39, 0.29) is 5.82 Å². The molecule has 0 saturated carbocycles. The van der Waals surface area contributed by atoms with Crippen molar-refractivity contribution >= 4 is 5.69 Å². The summed E-state index contributed by atoms with van der Waals surface area (Å²) >= 11 is 0. The van der Waals surface area contributed by atoms with E-state index in [1.165, 1.54) is 11.3 Å². The van der Waals surface area contributed by atoms with Gasteiger partial charge in [0, 0.05) is 18.2 Å². The Balaban J connectivity index is 1.91. The molecule has 1 unspecified atom stereocenters. The molecular weight excluding hydrogens is 225 g/mol. The fourth-order valence-electron chi connectivity index (χ4n) is 2.68. The summed E-state index contributed by atoms with van der Waals surface area (Å²) in [7, 11) is 0. The first kappa shape index (κ1) is 11.3. The predicted molar refractivity (Wildman–Crippen MR) is 72.5 cm³/mol. The normalized spacial score (nSPS) is 18.0. The van der Waals surface area contributed by atoms with Gasteiger partial charge in [-0.25, -0.2) is 4.39 Å². The molecule has 0 fully saturated rings. The van der Waals surface area contributed by atoms with Gasteiger partial charge < -0.3 is 5.32 Å². The smallest absolute Gasteiger partial charge is 0.123 e. The maximum absolute atomic E-state index is 13.5. The van der Waals surface area contributed by atoms with Crippen LogP contribution in [0, 0.1) is 12.7 Å². The molecule has 2 heteroatoms. The maximum atomic E-state index is 13.5. The van der Waals surface area contributed by atoms with Gasteiger partial charge in [0.2, 0.25) is 0 Å². The molecule has 1 nitrogen and oxygen atoms in total.